The number of hydrogen-bond donors (Lipinski definition) is 0. The summed E-state index contributed by atoms with van der Waals surface area (Å²) in [4.78, 5) is 25.5. The Kier molecular flexibility index (Phi) is 2.97. The molecule has 0 unspecified atom stereocenters. The number of furan rings is 1. The topological polar surface area (TPSA) is 65.7 Å². The first-order valence-electron chi connectivity index (χ1n) is 9.34. The molecule has 1 spiro atoms. The predicted octanol–water partition coefficient (Wildman–Crippen LogP) is 3.73. The van der Waals surface area contributed by atoms with Gasteiger partial charge in [0.05, 0.1) is 22.8 Å². The summed E-state index contributed by atoms with van der Waals surface area (Å²) >= 11 is 0. The maximum Gasteiger partial charge on any atom is 0.314 e. The van der Waals surface area contributed by atoms with Crippen molar-refractivity contribution in [3.63, 3.8) is 0 Å². The van der Waals surface area contributed by atoms with E-state index in [-0.39, 0.29) is 29.0 Å². The zero-order valence-electron chi connectivity index (χ0n) is 14.7. The quantitative estimate of drug-likeness (QED) is 0.617. The van der Waals surface area contributed by atoms with Crippen LogP contribution in [-0.4, -0.2) is 23.6 Å². The summed E-state index contributed by atoms with van der Waals surface area (Å²) in [7, 11) is 0. The van der Waals surface area contributed by atoms with Gasteiger partial charge in [0.1, 0.15) is 6.26 Å². The van der Waals surface area contributed by atoms with Crippen LogP contribution in [0.5, 0.6) is 0 Å². The van der Waals surface area contributed by atoms with E-state index in [1.165, 1.54) is 12.5 Å². The second-order valence-electron chi connectivity index (χ2n) is 8.83. The van der Waals surface area contributed by atoms with Gasteiger partial charge in [-0.15, -0.1) is 0 Å². The van der Waals surface area contributed by atoms with Crippen LogP contribution in [0.1, 0.15) is 62.7 Å². The Bertz CT molecular complexity index is 739. The van der Waals surface area contributed by atoms with E-state index in [9.17, 15) is 9.59 Å². The molecule has 5 nitrogen and oxygen atoms in total. The third-order valence-corrected chi connectivity index (χ3v) is 7.77. The molecular formula is C20H24O5. The highest BCUT2D eigenvalue weighted by molar-refractivity contribution is 5.96. The largest absolute Gasteiger partial charge is 0.472 e. The first-order chi connectivity index (χ1) is 11.9. The number of ether oxygens (including phenoxy) is 2. The summed E-state index contributed by atoms with van der Waals surface area (Å²) in [5.74, 6) is 0.314. The highest BCUT2D eigenvalue weighted by Crippen LogP contribution is 2.72. The summed E-state index contributed by atoms with van der Waals surface area (Å²) in [5.41, 5.74) is -0.428. The van der Waals surface area contributed by atoms with Crippen LogP contribution in [0.15, 0.2) is 23.0 Å². The maximum absolute atomic E-state index is 12.8. The minimum absolute atomic E-state index is 0.0823. The summed E-state index contributed by atoms with van der Waals surface area (Å²) in [6, 6.07) is 1.72. The van der Waals surface area contributed by atoms with Gasteiger partial charge in [-0.2, -0.15) is 0 Å². The fraction of sp³-hybridized carbons (Fsp3) is 0.700. The van der Waals surface area contributed by atoms with Crippen LogP contribution in [0.4, 0.5) is 0 Å². The predicted molar refractivity (Wildman–Crippen MR) is 87.6 cm³/mol. The van der Waals surface area contributed by atoms with Crippen molar-refractivity contribution in [1.29, 1.82) is 0 Å². The molecule has 1 aromatic rings. The van der Waals surface area contributed by atoms with Crippen LogP contribution in [-0.2, 0) is 14.3 Å². The Morgan fingerprint density at radius 1 is 1.28 bits per heavy atom. The number of hydrogen-bond acceptors (Lipinski definition) is 5. The van der Waals surface area contributed by atoms with E-state index in [2.05, 4.69) is 13.8 Å². The Balaban J connectivity index is 1.58. The van der Waals surface area contributed by atoms with Crippen LogP contribution in [0.25, 0.3) is 0 Å². The minimum atomic E-state index is -0.493. The molecule has 6 atom stereocenters. The second kappa shape index (κ2) is 4.76. The summed E-state index contributed by atoms with van der Waals surface area (Å²) in [5, 5.41) is 0. The molecule has 25 heavy (non-hydrogen) atoms. The lowest BCUT2D eigenvalue weighted by molar-refractivity contribution is -0.252. The van der Waals surface area contributed by atoms with E-state index in [4.69, 9.17) is 13.9 Å². The zero-order valence-corrected chi connectivity index (χ0v) is 14.7. The van der Waals surface area contributed by atoms with Crippen molar-refractivity contribution in [2.24, 2.45) is 22.7 Å². The molecule has 3 bridgehead atoms. The van der Waals surface area contributed by atoms with Gasteiger partial charge in [0.25, 0.3) is 0 Å². The molecule has 134 valence electrons. The SMILES string of the molecule is C[C@@]12CC[C@@H]3[C@]4(CCC[C@]3(C)C(=O)O[C@H]4O1)[C@H]2CC(=O)c1ccoc1. The molecule has 3 heterocycles. The molecule has 0 N–H and O–H groups in total. The average molecular weight is 344 g/mol. The lowest BCUT2D eigenvalue weighted by Crippen LogP contribution is -2.63. The molecule has 1 aromatic heterocycles. The number of rotatable bonds is 3. The second-order valence-corrected chi connectivity index (χ2v) is 8.83. The van der Waals surface area contributed by atoms with Crippen LogP contribution in [0, 0.1) is 22.7 Å². The molecule has 2 aliphatic heterocycles. The van der Waals surface area contributed by atoms with Gasteiger partial charge in [-0.1, -0.05) is 6.42 Å². The van der Waals surface area contributed by atoms with Gasteiger partial charge >= 0.3 is 5.97 Å². The fourth-order valence-electron chi connectivity index (χ4n) is 6.57. The maximum atomic E-state index is 12.8. The number of ketones is 1. The smallest absolute Gasteiger partial charge is 0.314 e. The molecule has 5 rings (SSSR count). The van der Waals surface area contributed by atoms with E-state index < -0.39 is 17.3 Å². The Morgan fingerprint density at radius 2 is 2.12 bits per heavy atom. The fourth-order valence-corrected chi connectivity index (χ4v) is 6.57. The first kappa shape index (κ1) is 15.6. The van der Waals surface area contributed by atoms with Crippen molar-refractivity contribution < 1.29 is 23.5 Å². The molecule has 2 saturated carbocycles. The van der Waals surface area contributed by atoms with Gasteiger partial charge < -0.3 is 13.9 Å². The lowest BCUT2D eigenvalue weighted by atomic mass is 9.44. The summed E-state index contributed by atoms with van der Waals surface area (Å²) in [6.45, 7) is 4.16. The Morgan fingerprint density at radius 3 is 2.88 bits per heavy atom. The highest BCUT2D eigenvalue weighted by atomic mass is 16.7. The molecule has 5 heteroatoms. The molecule has 0 radical (unpaired) electrons. The van der Waals surface area contributed by atoms with Crippen LogP contribution in [0.2, 0.25) is 0 Å². The Labute approximate surface area is 147 Å². The van der Waals surface area contributed by atoms with E-state index in [0.717, 1.165) is 32.1 Å². The van der Waals surface area contributed by atoms with Gasteiger partial charge in [-0.25, -0.2) is 0 Å². The monoisotopic (exact) mass is 344 g/mol. The minimum Gasteiger partial charge on any atom is -0.472 e. The average Bonchev–Trinajstić information content (AvgIpc) is 3.14. The molecule has 2 saturated heterocycles. The first-order valence-corrected chi connectivity index (χ1v) is 9.34. The van der Waals surface area contributed by atoms with Gasteiger partial charge in [-0.3, -0.25) is 9.59 Å². The van der Waals surface area contributed by atoms with E-state index in [1.807, 2.05) is 0 Å². The van der Waals surface area contributed by atoms with Crippen LogP contribution in [0.3, 0.4) is 0 Å². The third kappa shape index (κ3) is 1.77. The molecule has 4 aliphatic rings. The van der Waals surface area contributed by atoms with Crippen molar-refractivity contribution in [3.8, 4) is 0 Å². The normalized spacial score (nSPS) is 47.4. The van der Waals surface area contributed by atoms with Crippen LogP contribution < -0.4 is 0 Å². The van der Waals surface area contributed by atoms with E-state index >= 15 is 0 Å². The van der Waals surface area contributed by atoms with Gasteiger partial charge in [-0.05, 0) is 51.5 Å². The lowest BCUT2D eigenvalue weighted by Gasteiger charge is -2.60. The third-order valence-electron chi connectivity index (χ3n) is 7.77. The number of esters is 1. The van der Waals surface area contributed by atoms with Gasteiger partial charge in [0, 0.05) is 17.8 Å². The number of Topliss-reactive ketones (excluding diaryl/α,β-unsaturated/α-hetero) is 1. The van der Waals surface area contributed by atoms with Crippen LogP contribution >= 0.6 is 0 Å². The Hall–Kier alpha value is -1.62. The van der Waals surface area contributed by atoms with Crippen molar-refractivity contribution in [3.05, 3.63) is 24.2 Å². The van der Waals surface area contributed by atoms with Gasteiger partial charge in [0.2, 0.25) is 6.29 Å². The van der Waals surface area contributed by atoms with Crippen molar-refractivity contribution >= 4 is 11.8 Å². The van der Waals surface area contributed by atoms with E-state index in [1.54, 1.807) is 6.07 Å². The summed E-state index contributed by atoms with van der Waals surface area (Å²) in [6.07, 6.45) is 7.69. The van der Waals surface area contributed by atoms with E-state index in [0.29, 0.717) is 12.0 Å². The van der Waals surface area contributed by atoms with Crippen molar-refractivity contribution in [1.82, 2.24) is 0 Å². The van der Waals surface area contributed by atoms with Gasteiger partial charge in [0.15, 0.2) is 5.78 Å². The van der Waals surface area contributed by atoms with Crippen molar-refractivity contribution in [2.45, 2.75) is 64.3 Å². The van der Waals surface area contributed by atoms with Crippen molar-refractivity contribution in [2.75, 3.05) is 0 Å². The highest BCUT2D eigenvalue weighted by Gasteiger charge is 2.75. The number of fused-ring (bicyclic) bond motifs is 1. The standard InChI is InChI=1S/C20H24O5/c1-18-6-3-7-20-14(18)4-8-19(2,25-17(20)24-16(18)22)15(20)10-13(21)12-5-9-23-11-12/h5,9,11,14-15,17H,3-4,6-8,10H2,1-2H3/t14-,15-,17-,18-,19-,20+/m0/s1. The number of carbonyl (C=O) groups is 2. The summed E-state index contributed by atoms with van der Waals surface area (Å²) < 4.78 is 17.3. The zero-order chi connectivity index (χ0) is 17.4. The molecule has 0 aromatic carbocycles. The molecular weight excluding hydrogens is 320 g/mol. The number of carbonyl (C=O) groups excluding carboxylic acids is 2. The molecule has 2 aliphatic carbocycles. The molecule has 4 fully saturated rings. The molecule has 0 amide bonds.